The summed E-state index contributed by atoms with van der Waals surface area (Å²) in [6.07, 6.45) is 2.33. The fraction of sp³-hybridized carbons (Fsp3) is 0.280. The van der Waals surface area contributed by atoms with Crippen molar-refractivity contribution in [3.8, 4) is 11.5 Å². The van der Waals surface area contributed by atoms with Gasteiger partial charge >= 0.3 is 0 Å². The maximum atomic E-state index is 13.2. The summed E-state index contributed by atoms with van der Waals surface area (Å²) in [6.45, 7) is 1.99. The summed E-state index contributed by atoms with van der Waals surface area (Å²) in [5.74, 6) is 1.44. The van der Waals surface area contributed by atoms with Gasteiger partial charge in [0.15, 0.2) is 5.78 Å². The van der Waals surface area contributed by atoms with Crippen molar-refractivity contribution in [1.29, 1.82) is 0 Å². The molecule has 5 rings (SSSR count). The molecular weight excluding hydrogens is 376 g/mol. The smallest absolute Gasteiger partial charge is 0.161 e. The SMILES string of the molecule is COc1ccc(C2C3=C(CCCC3=O)Nc3ccc4nc(C)ccc4c32)c(OC)c1. The van der Waals surface area contributed by atoms with E-state index < -0.39 is 0 Å². The van der Waals surface area contributed by atoms with Crippen LogP contribution in [-0.4, -0.2) is 25.0 Å². The average molecular weight is 400 g/mol. The number of hydrogen-bond donors (Lipinski definition) is 1. The van der Waals surface area contributed by atoms with Crippen LogP contribution in [0.1, 0.15) is 42.0 Å². The fourth-order valence-corrected chi connectivity index (χ4v) is 4.75. The average Bonchev–Trinajstić information content (AvgIpc) is 2.77. The molecule has 0 spiro atoms. The van der Waals surface area contributed by atoms with Crippen LogP contribution < -0.4 is 14.8 Å². The van der Waals surface area contributed by atoms with Gasteiger partial charge in [-0.2, -0.15) is 0 Å². The van der Waals surface area contributed by atoms with E-state index in [-0.39, 0.29) is 11.7 Å². The lowest BCUT2D eigenvalue weighted by Gasteiger charge is -2.35. The van der Waals surface area contributed by atoms with E-state index in [9.17, 15) is 4.79 Å². The predicted molar refractivity (Wildman–Crippen MR) is 117 cm³/mol. The van der Waals surface area contributed by atoms with Gasteiger partial charge in [-0.3, -0.25) is 9.78 Å². The van der Waals surface area contributed by atoms with Crippen LogP contribution >= 0.6 is 0 Å². The van der Waals surface area contributed by atoms with Gasteiger partial charge in [-0.15, -0.1) is 0 Å². The lowest BCUT2D eigenvalue weighted by molar-refractivity contribution is -0.116. The first-order valence-electron chi connectivity index (χ1n) is 10.3. The van der Waals surface area contributed by atoms with Gasteiger partial charge in [-0.05, 0) is 49.6 Å². The van der Waals surface area contributed by atoms with Gasteiger partial charge in [0.05, 0.1) is 19.7 Å². The number of aryl methyl sites for hydroxylation is 1. The molecule has 3 aromatic rings. The van der Waals surface area contributed by atoms with E-state index in [1.54, 1.807) is 14.2 Å². The quantitative estimate of drug-likeness (QED) is 0.661. The number of ketones is 1. The Hall–Kier alpha value is -3.34. The number of ether oxygens (including phenoxy) is 2. The Morgan fingerprint density at radius 3 is 2.70 bits per heavy atom. The second-order valence-corrected chi connectivity index (χ2v) is 7.88. The van der Waals surface area contributed by atoms with Crippen molar-refractivity contribution in [3.05, 3.63) is 70.6 Å². The molecule has 1 atom stereocenters. The Morgan fingerprint density at radius 1 is 1.03 bits per heavy atom. The minimum Gasteiger partial charge on any atom is -0.497 e. The number of aromatic nitrogens is 1. The van der Waals surface area contributed by atoms with Gasteiger partial charge in [-0.25, -0.2) is 0 Å². The highest BCUT2D eigenvalue weighted by Gasteiger charge is 2.37. The third-order valence-corrected chi connectivity index (χ3v) is 6.12. The molecule has 152 valence electrons. The number of allylic oxidation sites excluding steroid dienone is 2. The van der Waals surface area contributed by atoms with Crippen molar-refractivity contribution < 1.29 is 14.3 Å². The highest BCUT2D eigenvalue weighted by molar-refractivity contribution is 6.03. The third-order valence-electron chi connectivity index (χ3n) is 6.12. The fourth-order valence-electron chi connectivity index (χ4n) is 4.75. The monoisotopic (exact) mass is 400 g/mol. The molecule has 0 saturated carbocycles. The van der Waals surface area contributed by atoms with Gasteiger partial charge in [0.25, 0.3) is 0 Å². The van der Waals surface area contributed by atoms with Crippen LogP contribution in [0.25, 0.3) is 10.9 Å². The zero-order chi connectivity index (χ0) is 20.8. The Kier molecular flexibility index (Phi) is 4.46. The Balaban J connectivity index is 1.83. The van der Waals surface area contributed by atoms with Gasteiger partial charge in [0.2, 0.25) is 0 Å². The summed E-state index contributed by atoms with van der Waals surface area (Å²) in [5, 5.41) is 4.62. The van der Waals surface area contributed by atoms with Crippen molar-refractivity contribution in [1.82, 2.24) is 4.98 Å². The number of rotatable bonds is 3. The molecule has 1 unspecified atom stereocenters. The van der Waals surface area contributed by atoms with Crippen LogP contribution in [0.15, 0.2) is 53.7 Å². The number of anilines is 1. The zero-order valence-electron chi connectivity index (χ0n) is 17.4. The van der Waals surface area contributed by atoms with Crippen molar-refractivity contribution >= 4 is 22.4 Å². The molecule has 2 aliphatic rings. The number of nitrogens with one attached hydrogen (secondary N) is 1. The summed E-state index contributed by atoms with van der Waals surface area (Å²) < 4.78 is 11.2. The van der Waals surface area contributed by atoms with Crippen LogP contribution in [0, 0.1) is 6.92 Å². The Bertz CT molecular complexity index is 1210. The summed E-state index contributed by atoms with van der Waals surface area (Å²) in [7, 11) is 3.30. The van der Waals surface area contributed by atoms with Gasteiger partial charge in [0.1, 0.15) is 11.5 Å². The molecule has 0 fully saturated rings. The molecule has 1 N–H and O–H groups in total. The molecular formula is C25H24N2O3. The number of benzene rings is 2. The van der Waals surface area contributed by atoms with E-state index in [4.69, 9.17) is 14.5 Å². The van der Waals surface area contributed by atoms with Crippen LogP contribution in [0.2, 0.25) is 0 Å². The van der Waals surface area contributed by atoms with E-state index in [1.165, 1.54) is 0 Å². The first-order valence-corrected chi connectivity index (χ1v) is 10.3. The largest absolute Gasteiger partial charge is 0.497 e. The molecule has 5 nitrogen and oxygen atoms in total. The number of methoxy groups -OCH3 is 2. The first-order chi connectivity index (χ1) is 14.6. The molecule has 0 bridgehead atoms. The van der Waals surface area contributed by atoms with Gasteiger partial charge in [-0.1, -0.05) is 12.1 Å². The summed E-state index contributed by atoms with van der Waals surface area (Å²) >= 11 is 0. The zero-order valence-corrected chi connectivity index (χ0v) is 17.4. The van der Waals surface area contributed by atoms with Crippen LogP contribution in [0.4, 0.5) is 5.69 Å². The highest BCUT2D eigenvalue weighted by Crippen LogP contribution is 2.50. The molecule has 0 radical (unpaired) electrons. The topological polar surface area (TPSA) is 60.5 Å². The third kappa shape index (κ3) is 2.84. The number of fused-ring (bicyclic) bond motifs is 3. The number of carbonyl (C=O) groups excluding carboxylic acids is 1. The van der Waals surface area contributed by atoms with Crippen LogP contribution in [-0.2, 0) is 4.79 Å². The standard InChI is InChI=1S/C25H24N2O3/c1-14-7-9-16-18(26-14)11-12-20-23(16)24(25-19(27-20)5-4-6-21(25)28)17-10-8-15(29-2)13-22(17)30-3/h7-13,24,27H,4-6H2,1-3H3. The minimum atomic E-state index is -0.210. The van der Waals surface area contributed by atoms with Crippen molar-refractivity contribution in [2.24, 2.45) is 0 Å². The Morgan fingerprint density at radius 2 is 1.90 bits per heavy atom. The van der Waals surface area contributed by atoms with Crippen molar-refractivity contribution in [2.45, 2.75) is 32.1 Å². The van der Waals surface area contributed by atoms with E-state index in [0.717, 1.165) is 69.0 Å². The number of carbonyl (C=O) groups is 1. The second kappa shape index (κ2) is 7.17. The molecule has 1 aromatic heterocycles. The normalized spacial score (nSPS) is 18.0. The highest BCUT2D eigenvalue weighted by atomic mass is 16.5. The first kappa shape index (κ1) is 18.7. The van der Waals surface area contributed by atoms with Gasteiger partial charge in [0, 0.05) is 52.0 Å². The maximum absolute atomic E-state index is 13.2. The van der Waals surface area contributed by atoms with Crippen LogP contribution in [0.3, 0.4) is 0 Å². The predicted octanol–water partition coefficient (Wildman–Crippen LogP) is 5.12. The maximum Gasteiger partial charge on any atom is 0.161 e. The molecule has 30 heavy (non-hydrogen) atoms. The molecule has 1 aliphatic heterocycles. The van der Waals surface area contributed by atoms with E-state index in [2.05, 4.69) is 17.4 Å². The molecule has 0 amide bonds. The Labute approximate surface area is 175 Å². The molecule has 0 saturated heterocycles. The van der Waals surface area contributed by atoms with Crippen LogP contribution in [0.5, 0.6) is 11.5 Å². The van der Waals surface area contributed by atoms with Crippen molar-refractivity contribution in [2.75, 3.05) is 19.5 Å². The number of hydrogen-bond acceptors (Lipinski definition) is 5. The number of nitrogens with zero attached hydrogens (tertiary/aromatic N) is 1. The molecule has 2 aromatic carbocycles. The summed E-state index contributed by atoms with van der Waals surface area (Å²) in [6, 6.07) is 14.1. The molecule has 5 heteroatoms. The lowest BCUT2D eigenvalue weighted by atomic mass is 9.74. The molecule has 2 heterocycles. The van der Waals surface area contributed by atoms with Gasteiger partial charge < -0.3 is 14.8 Å². The summed E-state index contributed by atoms with van der Waals surface area (Å²) in [4.78, 5) is 17.9. The summed E-state index contributed by atoms with van der Waals surface area (Å²) in [5.41, 5.74) is 6.86. The lowest BCUT2D eigenvalue weighted by Crippen LogP contribution is -2.27. The van der Waals surface area contributed by atoms with Crippen molar-refractivity contribution in [3.63, 3.8) is 0 Å². The minimum absolute atomic E-state index is 0.203. The second-order valence-electron chi connectivity index (χ2n) is 7.88. The van der Waals surface area contributed by atoms with E-state index in [0.29, 0.717) is 6.42 Å². The van der Waals surface area contributed by atoms with E-state index in [1.807, 2.05) is 37.3 Å². The number of pyridine rings is 1. The molecule has 1 aliphatic carbocycles. The van der Waals surface area contributed by atoms with E-state index >= 15 is 0 Å². The number of Topliss-reactive ketones (excluding diaryl/α,β-unsaturated/α-hetero) is 1.